The van der Waals surface area contributed by atoms with Gasteiger partial charge in [0.2, 0.25) is 0 Å². The average Bonchev–Trinajstić information content (AvgIpc) is 2.39. The summed E-state index contributed by atoms with van der Waals surface area (Å²) >= 11 is 1.90. The van der Waals surface area contributed by atoms with Gasteiger partial charge in [0.15, 0.2) is 5.92 Å². The van der Waals surface area contributed by atoms with Gasteiger partial charge in [-0.2, -0.15) is 11.8 Å². The summed E-state index contributed by atoms with van der Waals surface area (Å²) in [6, 6.07) is 0. The molecule has 1 N–H and O–H groups in total. The van der Waals surface area contributed by atoms with E-state index in [-0.39, 0.29) is 11.5 Å². The van der Waals surface area contributed by atoms with Crippen LogP contribution >= 0.6 is 11.8 Å². The highest BCUT2D eigenvalue weighted by Crippen LogP contribution is 2.42. The van der Waals surface area contributed by atoms with Crippen molar-refractivity contribution in [3.63, 3.8) is 0 Å². The van der Waals surface area contributed by atoms with Gasteiger partial charge in [0.25, 0.3) is 0 Å². The third kappa shape index (κ3) is 3.23. The van der Waals surface area contributed by atoms with E-state index >= 15 is 0 Å². The second-order valence-corrected chi connectivity index (χ2v) is 6.46. The molecule has 0 aromatic heterocycles. The summed E-state index contributed by atoms with van der Waals surface area (Å²) < 4.78 is 10.6. The maximum absolute atomic E-state index is 11.7. The number of hydrogen-bond donors (Lipinski definition) is 1. The van der Waals surface area contributed by atoms with Crippen molar-refractivity contribution < 1.29 is 24.2 Å². The molecule has 19 heavy (non-hydrogen) atoms. The number of ether oxygens (including phenoxy) is 2. The molecule has 2 aliphatic heterocycles. The normalized spacial score (nSPS) is 27.7. The summed E-state index contributed by atoms with van der Waals surface area (Å²) in [4.78, 5) is 23.0. The first-order valence-electron chi connectivity index (χ1n) is 6.60. The topological polar surface area (TPSA) is 72.8 Å². The van der Waals surface area contributed by atoms with Gasteiger partial charge in [0, 0.05) is 6.61 Å². The summed E-state index contributed by atoms with van der Waals surface area (Å²) in [6.07, 6.45) is 3.16. The van der Waals surface area contributed by atoms with Crippen molar-refractivity contribution in [3.05, 3.63) is 0 Å². The Morgan fingerprint density at radius 2 is 2.11 bits per heavy atom. The first-order chi connectivity index (χ1) is 9.08. The lowest BCUT2D eigenvalue weighted by Gasteiger charge is -2.44. The van der Waals surface area contributed by atoms with Crippen molar-refractivity contribution in [2.24, 2.45) is 11.8 Å². The summed E-state index contributed by atoms with van der Waals surface area (Å²) in [5.74, 6) is -0.869. The van der Waals surface area contributed by atoms with E-state index in [1.807, 2.05) is 11.8 Å². The fourth-order valence-corrected chi connectivity index (χ4v) is 4.30. The highest BCUT2D eigenvalue weighted by molar-refractivity contribution is 7.99. The summed E-state index contributed by atoms with van der Waals surface area (Å²) in [7, 11) is 1.24. The fourth-order valence-electron chi connectivity index (χ4n) is 3.06. The van der Waals surface area contributed by atoms with Crippen LogP contribution in [-0.2, 0) is 19.1 Å². The molecule has 1 spiro atoms. The summed E-state index contributed by atoms with van der Waals surface area (Å²) in [5.41, 5.74) is -0.212. The molecule has 0 amide bonds. The van der Waals surface area contributed by atoms with Gasteiger partial charge in [-0.1, -0.05) is 0 Å². The van der Waals surface area contributed by atoms with Crippen LogP contribution in [0, 0.1) is 11.8 Å². The summed E-state index contributed by atoms with van der Waals surface area (Å²) in [5, 5.41) is 9.27. The van der Waals surface area contributed by atoms with Crippen molar-refractivity contribution in [1.29, 1.82) is 0 Å². The van der Waals surface area contributed by atoms with Crippen LogP contribution in [0.5, 0.6) is 0 Å². The molecule has 2 aliphatic rings. The maximum Gasteiger partial charge on any atom is 0.320 e. The highest BCUT2D eigenvalue weighted by Gasteiger charge is 2.45. The number of carbonyl (C=O) groups is 2. The van der Waals surface area contributed by atoms with Crippen LogP contribution in [-0.4, -0.2) is 47.9 Å². The minimum absolute atomic E-state index is 0.179. The lowest BCUT2D eigenvalue weighted by Crippen LogP contribution is -2.47. The Morgan fingerprint density at radius 3 is 2.68 bits per heavy atom. The number of carbonyl (C=O) groups excluding carboxylic acids is 1. The minimum atomic E-state index is -1.08. The Hall–Kier alpha value is -0.750. The Labute approximate surface area is 117 Å². The molecular weight excluding hydrogens is 268 g/mol. The molecule has 2 atom stereocenters. The van der Waals surface area contributed by atoms with Gasteiger partial charge in [-0.25, -0.2) is 0 Å². The average molecular weight is 288 g/mol. The molecule has 0 radical (unpaired) electrons. The third-order valence-corrected chi connectivity index (χ3v) is 5.11. The van der Waals surface area contributed by atoms with E-state index in [9.17, 15) is 14.7 Å². The number of hydrogen-bond acceptors (Lipinski definition) is 5. The molecule has 2 unspecified atom stereocenters. The molecule has 0 aromatic carbocycles. The van der Waals surface area contributed by atoms with Crippen molar-refractivity contribution >= 4 is 23.7 Å². The van der Waals surface area contributed by atoms with Gasteiger partial charge in [0.1, 0.15) is 0 Å². The van der Waals surface area contributed by atoms with Crippen LogP contribution in [0.1, 0.15) is 25.7 Å². The Bertz CT molecular complexity index is 345. The number of methoxy groups -OCH3 is 1. The lowest BCUT2D eigenvalue weighted by molar-refractivity contribution is -0.166. The molecule has 0 saturated carbocycles. The number of aliphatic carboxylic acids is 1. The Kier molecular flexibility index (Phi) is 4.73. The molecule has 2 heterocycles. The molecule has 2 fully saturated rings. The molecule has 2 saturated heterocycles. The predicted molar refractivity (Wildman–Crippen MR) is 71.1 cm³/mol. The fraction of sp³-hybridized carbons (Fsp3) is 0.846. The van der Waals surface area contributed by atoms with Crippen LogP contribution < -0.4 is 0 Å². The predicted octanol–water partition coefficient (Wildman–Crippen LogP) is 1.55. The highest BCUT2D eigenvalue weighted by atomic mass is 32.2. The van der Waals surface area contributed by atoms with E-state index < -0.39 is 17.9 Å². The van der Waals surface area contributed by atoms with E-state index in [1.54, 1.807) is 0 Å². The van der Waals surface area contributed by atoms with Crippen molar-refractivity contribution in [2.45, 2.75) is 31.3 Å². The van der Waals surface area contributed by atoms with Gasteiger partial charge < -0.3 is 14.6 Å². The number of rotatable bonds is 3. The Balaban J connectivity index is 2.10. The van der Waals surface area contributed by atoms with Crippen molar-refractivity contribution in [1.82, 2.24) is 0 Å². The zero-order valence-corrected chi connectivity index (χ0v) is 11.9. The van der Waals surface area contributed by atoms with Crippen LogP contribution in [0.4, 0.5) is 0 Å². The second-order valence-electron chi connectivity index (χ2n) is 5.24. The zero-order chi connectivity index (χ0) is 13.9. The van der Waals surface area contributed by atoms with Crippen molar-refractivity contribution in [2.75, 3.05) is 25.2 Å². The SMILES string of the molecule is COC(=O)C(C(=O)O)C1CCOC2(CCSCC2)C1. The van der Waals surface area contributed by atoms with Gasteiger partial charge in [0.05, 0.1) is 12.7 Å². The number of carboxylic acid groups (broad SMARTS) is 1. The van der Waals surface area contributed by atoms with Crippen LogP contribution in [0.2, 0.25) is 0 Å². The molecule has 2 rings (SSSR count). The van der Waals surface area contributed by atoms with Crippen molar-refractivity contribution in [3.8, 4) is 0 Å². The minimum Gasteiger partial charge on any atom is -0.481 e. The smallest absolute Gasteiger partial charge is 0.320 e. The lowest BCUT2D eigenvalue weighted by atomic mass is 9.76. The maximum atomic E-state index is 11.7. The van der Waals surface area contributed by atoms with Crippen LogP contribution in [0.25, 0.3) is 0 Å². The zero-order valence-electron chi connectivity index (χ0n) is 11.1. The quantitative estimate of drug-likeness (QED) is 0.627. The van der Waals surface area contributed by atoms with E-state index in [4.69, 9.17) is 4.74 Å². The second kappa shape index (κ2) is 6.13. The van der Waals surface area contributed by atoms with E-state index in [1.165, 1.54) is 7.11 Å². The van der Waals surface area contributed by atoms with Crippen LogP contribution in [0.15, 0.2) is 0 Å². The van der Waals surface area contributed by atoms with Gasteiger partial charge in [-0.3, -0.25) is 9.59 Å². The van der Waals surface area contributed by atoms with Gasteiger partial charge in [-0.05, 0) is 43.1 Å². The third-order valence-electron chi connectivity index (χ3n) is 4.13. The molecule has 0 aliphatic carbocycles. The van der Waals surface area contributed by atoms with Crippen LogP contribution in [0.3, 0.4) is 0 Å². The summed E-state index contributed by atoms with van der Waals surface area (Å²) in [6.45, 7) is 0.538. The molecule has 108 valence electrons. The molecule has 6 heteroatoms. The Morgan fingerprint density at radius 1 is 1.42 bits per heavy atom. The number of carboxylic acids is 1. The molecule has 0 aromatic rings. The standard InChI is InChI=1S/C13H20O5S/c1-17-12(16)10(11(14)15)9-2-5-18-13(8-9)3-6-19-7-4-13/h9-10H,2-8H2,1H3,(H,14,15). The van der Waals surface area contributed by atoms with Gasteiger partial charge >= 0.3 is 11.9 Å². The number of esters is 1. The van der Waals surface area contributed by atoms with E-state index in [0.717, 1.165) is 24.3 Å². The van der Waals surface area contributed by atoms with Gasteiger partial charge in [-0.15, -0.1) is 0 Å². The first kappa shape index (κ1) is 14.7. The van der Waals surface area contributed by atoms with E-state index in [0.29, 0.717) is 19.4 Å². The first-order valence-corrected chi connectivity index (χ1v) is 7.76. The monoisotopic (exact) mass is 288 g/mol. The number of thioether (sulfide) groups is 1. The molecule has 5 nitrogen and oxygen atoms in total. The molecule has 0 bridgehead atoms. The molecular formula is C13H20O5S. The largest absolute Gasteiger partial charge is 0.481 e. The van der Waals surface area contributed by atoms with E-state index in [2.05, 4.69) is 4.74 Å².